The monoisotopic (exact) mass is 311 g/mol. The Morgan fingerprint density at radius 2 is 1.81 bits per heavy atom. The lowest BCUT2D eigenvalue weighted by Gasteiger charge is -2.19. The molecule has 0 aromatic carbocycles. The highest BCUT2D eigenvalue weighted by molar-refractivity contribution is 7.99. The number of thioether (sulfide) groups is 1. The Kier molecular flexibility index (Phi) is 8.42. The molecule has 1 atom stereocenters. The third-order valence-corrected chi connectivity index (χ3v) is 4.55. The van der Waals surface area contributed by atoms with Crippen molar-refractivity contribution in [3.63, 3.8) is 0 Å². The molecule has 21 heavy (non-hydrogen) atoms. The number of anilines is 2. The largest absolute Gasteiger partial charge is 0.354 e. The van der Waals surface area contributed by atoms with Gasteiger partial charge in [-0.1, -0.05) is 39.0 Å². The molecule has 0 saturated heterocycles. The van der Waals surface area contributed by atoms with Crippen LogP contribution in [-0.2, 0) is 0 Å². The molecule has 1 aromatic heterocycles. The van der Waals surface area contributed by atoms with Crippen LogP contribution in [0, 0.1) is 5.92 Å². The van der Waals surface area contributed by atoms with Crippen LogP contribution in [0.25, 0.3) is 0 Å². The van der Waals surface area contributed by atoms with Crippen LogP contribution in [-0.4, -0.2) is 40.3 Å². The van der Waals surface area contributed by atoms with Gasteiger partial charge in [-0.2, -0.15) is 15.0 Å². The molecule has 0 saturated carbocycles. The molecular weight excluding hydrogens is 282 g/mol. The standard InChI is InChI=1S/C15H29N5S/c1-6-10-16-13-17-14(20(8-3)9-4)19-15(18-13)21-11-12(5)7-2/h12H,6-11H2,1-5H3,(H,16,17,18,19). The highest BCUT2D eigenvalue weighted by Crippen LogP contribution is 2.21. The fourth-order valence-corrected chi connectivity index (χ4v) is 2.68. The molecule has 1 aromatic rings. The Hall–Kier alpha value is -1.04. The normalized spacial score (nSPS) is 12.2. The van der Waals surface area contributed by atoms with Gasteiger partial charge in [-0.05, 0) is 26.2 Å². The average Bonchev–Trinajstić information content (AvgIpc) is 2.51. The first-order valence-electron chi connectivity index (χ1n) is 8.02. The number of nitrogens with one attached hydrogen (secondary N) is 1. The number of hydrogen-bond donors (Lipinski definition) is 1. The van der Waals surface area contributed by atoms with Gasteiger partial charge < -0.3 is 10.2 Å². The number of hydrogen-bond acceptors (Lipinski definition) is 6. The van der Waals surface area contributed by atoms with E-state index in [1.165, 1.54) is 6.42 Å². The zero-order valence-corrected chi connectivity index (χ0v) is 14.8. The van der Waals surface area contributed by atoms with E-state index >= 15 is 0 Å². The topological polar surface area (TPSA) is 53.9 Å². The van der Waals surface area contributed by atoms with Crippen molar-refractivity contribution in [1.82, 2.24) is 15.0 Å². The summed E-state index contributed by atoms with van der Waals surface area (Å²) >= 11 is 1.72. The summed E-state index contributed by atoms with van der Waals surface area (Å²) in [6, 6.07) is 0. The zero-order chi connectivity index (χ0) is 15.7. The van der Waals surface area contributed by atoms with Crippen LogP contribution in [0.5, 0.6) is 0 Å². The van der Waals surface area contributed by atoms with Gasteiger partial charge in [0.1, 0.15) is 0 Å². The molecule has 5 nitrogen and oxygen atoms in total. The van der Waals surface area contributed by atoms with Crippen LogP contribution < -0.4 is 10.2 Å². The van der Waals surface area contributed by atoms with Crippen molar-refractivity contribution in [2.75, 3.05) is 35.6 Å². The van der Waals surface area contributed by atoms with Gasteiger partial charge in [0, 0.05) is 25.4 Å². The lowest BCUT2D eigenvalue weighted by Crippen LogP contribution is -2.25. The minimum atomic E-state index is 0.677. The third-order valence-electron chi connectivity index (χ3n) is 3.38. The first-order valence-corrected chi connectivity index (χ1v) is 9.00. The van der Waals surface area contributed by atoms with E-state index in [0.717, 1.165) is 42.9 Å². The Labute approximate surface area is 133 Å². The molecule has 6 heteroatoms. The Morgan fingerprint density at radius 1 is 1.10 bits per heavy atom. The average molecular weight is 311 g/mol. The van der Waals surface area contributed by atoms with E-state index in [1.54, 1.807) is 11.8 Å². The molecule has 0 fully saturated rings. The van der Waals surface area contributed by atoms with E-state index < -0.39 is 0 Å². The predicted octanol–water partition coefficient (Wildman–Crippen LogP) is 3.68. The van der Waals surface area contributed by atoms with Gasteiger partial charge in [-0.25, -0.2) is 0 Å². The van der Waals surface area contributed by atoms with Gasteiger partial charge >= 0.3 is 0 Å². The SMILES string of the molecule is CCCNc1nc(SCC(C)CC)nc(N(CC)CC)n1. The molecule has 0 radical (unpaired) electrons. The summed E-state index contributed by atoms with van der Waals surface area (Å²) < 4.78 is 0. The second kappa shape index (κ2) is 9.82. The molecule has 0 aliphatic rings. The molecular formula is C15H29N5S. The van der Waals surface area contributed by atoms with Crippen molar-refractivity contribution in [2.24, 2.45) is 5.92 Å². The van der Waals surface area contributed by atoms with Crippen molar-refractivity contribution < 1.29 is 0 Å². The summed E-state index contributed by atoms with van der Waals surface area (Å²) in [7, 11) is 0. The van der Waals surface area contributed by atoms with E-state index in [9.17, 15) is 0 Å². The van der Waals surface area contributed by atoms with E-state index in [1.807, 2.05) is 0 Å². The maximum Gasteiger partial charge on any atom is 0.231 e. The maximum absolute atomic E-state index is 4.62. The van der Waals surface area contributed by atoms with Crippen LogP contribution in [0.2, 0.25) is 0 Å². The van der Waals surface area contributed by atoms with Crippen molar-refractivity contribution in [3.8, 4) is 0 Å². The van der Waals surface area contributed by atoms with Gasteiger partial charge in [0.25, 0.3) is 0 Å². The smallest absolute Gasteiger partial charge is 0.231 e. The van der Waals surface area contributed by atoms with Gasteiger partial charge in [0.05, 0.1) is 0 Å². The number of nitrogens with zero attached hydrogens (tertiary/aromatic N) is 4. The fourth-order valence-electron chi connectivity index (χ4n) is 1.71. The van der Waals surface area contributed by atoms with Crippen LogP contribution in [0.3, 0.4) is 0 Å². The van der Waals surface area contributed by atoms with E-state index in [-0.39, 0.29) is 0 Å². The fraction of sp³-hybridized carbons (Fsp3) is 0.800. The summed E-state index contributed by atoms with van der Waals surface area (Å²) in [4.78, 5) is 15.8. The second-order valence-electron chi connectivity index (χ2n) is 5.17. The Bertz CT molecular complexity index is 409. The highest BCUT2D eigenvalue weighted by atomic mass is 32.2. The van der Waals surface area contributed by atoms with E-state index in [2.05, 4.69) is 59.8 Å². The van der Waals surface area contributed by atoms with Crippen LogP contribution in [0.1, 0.15) is 47.5 Å². The summed E-state index contributed by atoms with van der Waals surface area (Å²) in [6.07, 6.45) is 2.24. The van der Waals surface area contributed by atoms with Crippen molar-refractivity contribution in [2.45, 2.75) is 52.6 Å². The van der Waals surface area contributed by atoms with Gasteiger partial charge in [0.2, 0.25) is 11.9 Å². The lowest BCUT2D eigenvalue weighted by atomic mass is 10.2. The van der Waals surface area contributed by atoms with Crippen molar-refractivity contribution >= 4 is 23.7 Å². The number of rotatable bonds is 10. The summed E-state index contributed by atoms with van der Waals surface area (Å²) in [5, 5.41) is 4.10. The molecule has 0 amide bonds. The minimum Gasteiger partial charge on any atom is -0.354 e. The molecule has 1 heterocycles. The first-order chi connectivity index (χ1) is 10.1. The third kappa shape index (κ3) is 6.08. The summed E-state index contributed by atoms with van der Waals surface area (Å²) in [5.41, 5.74) is 0. The van der Waals surface area contributed by atoms with Gasteiger partial charge in [-0.3, -0.25) is 0 Å². The quantitative estimate of drug-likeness (QED) is 0.665. The Balaban J connectivity index is 2.91. The molecule has 120 valence electrons. The molecule has 1 N–H and O–H groups in total. The maximum atomic E-state index is 4.62. The first kappa shape index (κ1) is 18.0. The van der Waals surface area contributed by atoms with Gasteiger partial charge in [0.15, 0.2) is 5.16 Å². The van der Waals surface area contributed by atoms with Crippen molar-refractivity contribution in [1.29, 1.82) is 0 Å². The molecule has 0 aliphatic carbocycles. The number of aromatic nitrogens is 3. The lowest BCUT2D eigenvalue weighted by molar-refractivity contribution is 0.635. The van der Waals surface area contributed by atoms with Crippen LogP contribution in [0.4, 0.5) is 11.9 Å². The van der Waals surface area contributed by atoms with E-state index in [4.69, 9.17) is 0 Å². The zero-order valence-electron chi connectivity index (χ0n) is 14.0. The summed E-state index contributed by atoms with van der Waals surface area (Å²) in [5.74, 6) is 3.20. The molecule has 0 aliphatic heterocycles. The molecule has 1 rings (SSSR count). The molecule has 0 spiro atoms. The predicted molar refractivity (Wildman–Crippen MR) is 92.3 cm³/mol. The molecule has 0 bridgehead atoms. The molecule has 1 unspecified atom stereocenters. The van der Waals surface area contributed by atoms with Crippen LogP contribution in [0.15, 0.2) is 5.16 Å². The van der Waals surface area contributed by atoms with E-state index in [0.29, 0.717) is 11.9 Å². The Morgan fingerprint density at radius 3 is 2.38 bits per heavy atom. The second-order valence-corrected chi connectivity index (χ2v) is 6.15. The van der Waals surface area contributed by atoms with Crippen LogP contribution >= 0.6 is 11.8 Å². The van der Waals surface area contributed by atoms with Crippen molar-refractivity contribution in [3.05, 3.63) is 0 Å². The highest BCUT2D eigenvalue weighted by Gasteiger charge is 2.12. The summed E-state index contributed by atoms with van der Waals surface area (Å²) in [6.45, 7) is 13.6. The minimum absolute atomic E-state index is 0.677. The van der Waals surface area contributed by atoms with Gasteiger partial charge in [-0.15, -0.1) is 0 Å².